The van der Waals surface area contributed by atoms with Gasteiger partial charge in [-0.2, -0.15) is 0 Å². The Kier molecular flexibility index (Phi) is 24.8. The lowest BCUT2D eigenvalue weighted by atomic mass is 9.71. The molecule has 2 aromatic rings. The third kappa shape index (κ3) is 18.5. The van der Waals surface area contributed by atoms with E-state index < -0.39 is 0 Å². The molecule has 0 N–H and O–H groups in total. The lowest BCUT2D eigenvalue weighted by molar-refractivity contribution is 0.224. The van der Waals surface area contributed by atoms with Crippen LogP contribution in [0.5, 0.6) is 0 Å². The van der Waals surface area contributed by atoms with Crippen molar-refractivity contribution in [3.8, 4) is 0 Å². The molecule has 1 atom stereocenters. The summed E-state index contributed by atoms with van der Waals surface area (Å²) in [6.45, 7) is 37.6. The van der Waals surface area contributed by atoms with Gasteiger partial charge in [-0.05, 0) is 98.7 Å². The summed E-state index contributed by atoms with van der Waals surface area (Å²) < 4.78 is 0. The first-order chi connectivity index (χ1) is 20.7. The smallest absolute Gasteiger partial charge is 0.0409 e. The van der Waals surface area contributed by atoms with Gasteiger partial charge in [-0.3, -0.25) is 0 Å². The molecule has 2 aromatic carbocycles. The molecule has 0 radical (unpaired) electrons. The van der Waals surface area contributed by atoms with Crippen LogP contribution in [0.2, 0.25) is 5.02 Å². The first-order valence-electron chi connectivity index (χ1n) is 17.2. The molecule has 0 aliphatic heterocycles. The third-order valence-electron chi connectivity index (χ3n) is 8.38. The molecule has 1 saturated carbocycles. The van der Waals surface area contributed by atoms with Crippen LogP contribution in [0.15, 0.2) is 73.4 Å². The van der Waals surface area contributed by atoms with Crippen LogP contribution < -0.4 is 0 Å². The Bertz CT molecular complexity index is 1120. The average molecular weight is 621 g/mol. The van der Waals surface area contributed by atoms with Gasteiger partial charge in [0.2, 0.25) is 0 Å². The van der Waals surface area contributed by atoms with E-state index in [0.717, 1.165) is 22.6 Å². The normalized spacial score (nSPS) is 12.7. The standard InChI is InChI=1S/C13H16.C12H24.C11H13Cl.C5H10.C2H6/c1-10(2)8-9-13-7-5-6-11(3)12(13)4;1-7-9-11(10(3)4)12(5,6)8-2;1-4-9-7-10(12)5-6-11(9)8(2)3;1-2-4-5-3-1;1-2/h5-9H,1H2,2-4H3;11H,3,7-9H2,1-2,4-6H3;5-7H,2,4H2,1,3H3;1-5H2;1-2H3/b9-8-;;;;. The SMILES string of the molecule is C1CCCC1.C=C(C)/C=C\c1cccc(C)c1C.C=C(C)C(CCC)C(C)(C)CC.C=C(C)c1ccc(Cl)cc1CC.CC. The minimum atomic E-state index is 0.432. The maximum Gasteiger partial charge on any atom is 0.0409 e. The number of allylic oxidation sites excluding steroid dienone is 4. The first kappa shape index (κ1) is 43.8. The zero-order valence-corrected chi connectivity index (χ0v) is 31.8. The van der Waals surface area contributed by atoms with Gasteiger partial charge in [-0.25, -0.2) is 0 Å². The van der Waals surface area contributed by atoms with E-state index in [1.54, 1.807) is 0 Å². The molecule has 1 heteroatoms. The Balaban J connectivity index is 0. The van der Waals surface area contributed by atoms with Crippen LogP contribution in [-0.4, -0.2) is 0 Å². The Morgan fingerprint density at radius 2 is 1.43 bits per heavy atom. The van der Waals surface area contributed by atoms with Gasteiger partial charge in [-0.1, -0.05) is 178 Å². The second kappa shape index (κ2) is 24.9. The molecule has 0 nitrogen and oxygen atoms in total. The Morgan fingerprint density at radius 3 is 1.84 bits per heavy atom. The number of aryl methyl sites for hydroxylation is 2. The van der Waals surface area contributed by atoms with Crippen molar-refractivity contribution in [1.29, 1.82) is 0 Å². The van der Waals surface area contributed by atoms with Crippen molar-refractivity contribution in [2.75, 3.05) is 0 Å². The molecule has 0 heterocycles. The summed E-state index contributed by atoms with van der Waals surface area (Å²) in [5.74, 6) is 0.701. The Morgan fingerprint density at radius 1 is 0.886 bits per heavy atom. The lowest BCUT2D eigenvalue weighted by Gasteiger charge is -2.34. The van der Waals surface area contributed by atoms with Gasteiger partial charge in [-0.15, -0.1) is 0 Å². The molecule has 248 valence electrons. The van der Waals surface area contributed by atoms with E-state index in [1.807, 2.05) is 52.0 Å². The number of halogens is 1. The quantitative estimate of drug-likeness (QED) is 0.193. The van der Waals surface area contributed by atoms with Crippen molar-refractivity contribution in [2.24, 2.45) is 11.3 Å². The average Bonchev–Trinajstić information content (AvgIpc) is 3.58. The van der Waals surface area contributed by atoms with E-state index in [1.165, 1.54) is 84.8 Å². The van der Waals surface area contributed by atoms with Gasteiger partial charge in [0.05, 0.1) is 0 Å². The molecule has 0 amide bonds. The molecule has 0 spiro atoms. The Hall–Kier alpha value is -2.31. The number of benzene rings is 2. The van der Waals surface area contributed by atoms with Crippen LogP contribution in [0.3, 0.4) is 0 Å². The fraction of sp³-hybridized carbons (Fsp3) is 0.535. The molecule has 0 bridgehead atoms. The van der Waals surface area contributed by atoms with Crippen molar-refractivity contribution in [1.82, 2.24) is 0 Å². The van der Waals surface area contributed by atoms with Crippen molar-refractivity contribution >= 4 is 23.3 Å². The minimum absolute atomic E-state index is 0.432. The second-order valence-electron chi connectivity index (χ2n) is 12.7. The summed E-state index contributed by atoms with van der Waals surface area (Å²) in [6.07, 6.45) is 16.5. The molecule has 0 saturated heterocycles. The number of hydrogen-bond donors (Lipinski definition) is 0. The fourth-order valence-corrected chi connectivity index (χ4v) is 5.38. The van der Waals surface area contributed by atoms with Crippen LogP contribution in [0.1, 0.15) is 148 Å². The predicted octanol–water partition coefficient (Wildman–Crippen LogP) is 15.2. The number of rotatable bonds is 9. The molecular weight excluding hydrogens is 552 g/mol. The minimum Gasteiger partial charge on any atom is -0.0998 e. The second-order valence-corrected chi connectivity index (χ2v) is 13.1. The molecule has 0 aromatic heterocycles. The topological polar surface area (TPSA) is 0 Å². The molecule has 44 heavy (non-hydrogen) atoms. The van der Waals surface area contributed by atoms with Crippen LogP contribution in [-0.2, 0) is 6.42 Å². The van der Waals surface area contributed by atoms with E-state index in [9.17, 15) is 0 Å². The summed E-state index contributed by atoms with van der Waals surface area (Å²) >= 11 is 5.87. The largest absolute Gasteiger partial charge is 0.0998 e. The van der Waals surface area contributed by atoms with Gasteiger partial charge in [0.15, 0.2) is 0 Å². The van der Waals surface area contributed by atoms with Crippen molar-refractivity contribution in [2.45, 2.75) is 141 Å². The maximum absolute atomic E-state index is 5.87. The highest BCUT2D eigenvalue weighted by molar-refractivity contribution is 6.30. The first-order valence-corrected chi connectivity index (χ1v) is 17.6. The maximum atomic E-state index is 5.87. The highest BCUT2D eigenvalue weighted by atomic mass is 35.5. The molecule has 3 rings (SSSR count). The van der Waals surface area contributed by atoms with E-state index in [-0.39, 0.29) is 0 Å². The Labute approximate surface area is 280 Å². The summed E-state index contributed by atoms with van der Waals surface area (Å²) in [5.41, 5.74) is 10.4. The van der Waals surface area contributed by atoms with E-state index in [4.69, 9.17) is 11.6 Å². The van der Waals surface area contributed by atoms with Gasteiger partial charge < -0.3 is 0 Å². The highest BCUT2D eigenvalue weighted by Gasteiger charge is 2.27. The van der Waals surface area contributed by atoms with Crippen LogP contribution in [0.4, 0.5) is 0 Å². The van der Waals surface area contributed by atoms with E-state index >= 15 is 0 Å². The molecule has 1 aliphatic carbocycles. The zero-order valence-electron chi connectivity index (χ0n) is 31.1. The molecule has 1 aliphatic rings. The highest BCUT2D eigenvalue weighted by Crippen LogP contribution is 2.37. The summed E-state index contributed by atoms with van der Waals surface area (Å²) in [6, 6.07) is 12.3. The van der Waals surface area contributed by atoms with Crippen LogP contribution >= 0.6 is 11.6 Å². The van der Waals surface area contributed by atoms with Gasteiger partial charge in [0.25, 0.3) is 0 Å². The predicted molar refractivity (Wildman–Crippen MR) is 207 cm³/mol. The van der Waals surface area contributed by atoms with Gasteiger partial charge in [0.1, 0.15) is 0 Å². The summed E-state index contributed by atoms with van der Waals surface area (Å²) in [5, 5.41) is 0.803. The van der Waals surface area contributed by atoms with Crippen molar-refractivity contribution in [3.05, 3.63) is 106 Å². The summed E-state index contributed by atoms with van der Waals surface area (Å²) in [4.78, 5) is 0. The summed E-state index contributed by atoms with van der Waals surface area (Å²) in [7, 11) is 0. The van der Waals surface area contributed by atoms with E-state index in [0.29, 0.717) is 11.3 Å². The van der Waals surface area contributed by atoms with Crippen molar-refractivity contribution < 1.29 is 0 Å². The molecular formula is C43H69Cl. The zero-order chi connectivity index (χ0) is 34.3. The van der Waals surface area contributed by atoms with Gasteiger partial charge in [0, 0.05) is 5.02 Å². The molecule has 1 fully saturated rings. The van der Waals surface area contributed by atoms with Crippen LogP contribution in [0.25, 0.3) is 11.6 Å². The van der Waals surface area contributed by atoms with E-state index in [2.05, 4.69) is 99.4 Å². The number of hydrogen-bond acceptors (Lipinski definition) is 0. The van der Waals surface area contributed by atoms with Crippen molar-refractivity contribution in [3.63, 3.8) is 0 Å². The monoisotopic (exact) mass is 621 g/mol. The fourth-order valence-electron chi connectivity index (χ4n) is 5.18. The third-order valence-corrected chi connectivity index (χ3v) is 8.61. The molecule has 1 unspecified atom stereocenters. The van der Waals surface area contributed by atoms with Gasteiger partial charge >= 0.3 is 0 Å². The lowest BCUT2D eigenvalue weighted by Crippen LogP contribution is -2.23. The van der Waals surface area contributed by atoms with Crippen LogP contribution in [0, 0.1) is 25.2 Å².